The standard InChI is InChI=1S/C20H11ClOS/c21-19-12-6-1-2-7-13(12)20-17(18(19)16-10-5-11-23-16)14-8-3-4-9-15(14)22-20/h1-11H. The zero-order valence-corrected chi connectivity index (χ0v) is 13.6. The molecule has 0 N–H and O–H groups in total. The number of rotatable bonds is 1. The van der Waals surface area contributed by atoms with Gasteiger partial charge in [-0.25, -0.2) is 0 Å². The van der Waals surface area contributed by atoms with Crippen LogP contribution in [-0.4, -0.2) is 0 Å². The van der Waals surface area contributed by atoms with E-state index in [1.807, 2.05) is 30.3 Å². The predicted molar refractivity (Wildman–Crippen MR) is 99.5 cm³/mol. The molecule has 0 aliphatic heterocycles. The zero-order chi connectivity index (χ0) is 15.4. The van der Waals surface area contributed by atoms with Gasteiger partial charge >= 0.3 is 0 Å². The Morgan fingerprint density at radius 2 is 1.52 bits per heavy atom. The molecule has 0 spiro atoms. The first-order chi connectivity index (χ1) is 11.3. The van der Waals surface area contributed by atoms with E-state index in [0.717, 1.165) is 48.2 Å². The molecule has 2 aromatic heterocycles. The van der Waals surface area contributed by atoms with Gasteiger partial charge in [0.1, 0.15) is 11.2 Å². The van der Waals surface area contributed by atoms with Crippen LogP contribution in [0.4, 0.5) is 0 Å². The Labute approximate surface area is 141 Å². The summed E-state index contributed by atoms with van der Waals surface area (Å²) in [6, 6.07) is 20.5. The molecular weight excluding hydrogens is 324 g/mol. The Morgan fingerprint density at radius 3 is 2.30 bits per heavy atom. The van der Waals surface area contributed by atoms with E-state index in [1.54, 1.807) is 11.3 Å². The molecular formula is C20H11ClOS. The van der Waals surface area contributed by atoms with Crippen LogP contribution in [0, 0.1) is 0 Å². The van der Waals surface area contributed by atoms with Crippen LogP contribution >= 0.6 is 22.9 Å². The number of hydrogen-bond acceptors (Lipinski definition) is 2. The van der Waals surface area contributed by atoms with Crippen LogP contribution in [0.2, 0.25) is 5.02 Å². The lowest BCUT2D eigenvalue weighted by Crippen LogP contribution is -1.83. The average molecular weight is 335 g/mol. The lowest BCUT2D eigenvalue weighted by atomic mass is 9.99. The molecule has 0 saturated carbocycles. The highest BCUT2D eigenvalue weighted by atomic mass is 35.5. The van der Waals surface area contributed by atoms with Gasteiger partial charge in [0.25, 0.3) is 0 Å². The van der Waals surface area contributed by atoms with Crippen LogP contribution in [0.1, 0.15) is 0 Å². The van der Waals surface area contributed by atoms with E-state index in [0.29, 0.717) is 0 Å². The molecule has 1 nitrogen and oxygen atoms in total. The fourth-order valence-corrected chi connectivity index (χ4v) is 4.45. The highest BCUT2D eigenvalue weighted by Crippen LogP contribution is 2.46. The number of fused-ring (bicyclic) bond motifs is 5. The summed E-state index contributed by atoms with van der Waals surface area (Å²) in [7, 11) is 0. The fraction of sp³-hybridized carbons (Fsp3) is 0. The smallest absolute Gasteiger partial charge is 0.144 e. The third-order valence-electron chi connectivity index (χ3n) is 4.24. The molecule has 0 aliphatic rings. The summed E-state index contributed by atoms with van der Waals surface area (Å²) in [6.07, 6.45) is 0. The molecule has 0 fully saturated rings. The normalized spacial score (nSPS) is 11.7. The predicted octanol–water partition coefficient (Wildman–Crippen LogP) is 7.12. The minimum atomic E-state index is 0.794. The number of para-hydroxylation sites is 1. The lowest BCUT2D eigenvalue weighted by molar-refractivity contribution is 0.673. The molecule has 0 aliphatic carbocycles. The minimum Gasteiger partial charge on any atom is -0.455 e. The van der Waals surface area contributed by atoms with Crippen molar-refractivity contribution in [2.24, 2.45) is 0 Å². The summed E-state index contributed by atoms with van der Waals surface area (Å²) in [5.74, 6) is 0. The maximum atomic E-state index is 6.83. The number of hydrogen-bond donors (Lipinski definition) is 0. The third-order valence-corrected chi connectivity index (χ3v) is 5.52. The lowest BCUT2D eigenvalue weighted by Gasteiger charge is -2.09. The largest absolute Gasteiger partial charge is 0.455 e. The number of furan rings is 1. The average Bonchev–Trinajstić information content (AvgIpc) is 3.24. The first-order valence-corrected chi connectivity index (χ1v) is 8.65. The first kappa shape index (κ1) is 13.2. The third kappa shape index (κ3) is 1.79. The Kier molecular flexibility index (Phi) is 2.78. The van der Waals surface area contributed by atoms with Gasteiger partial charge in [-0.3, -0.25) is 0 Å². The fourth-order valence-electron chi connectivity index (χ4n) is 3.25. The molecule has 0 bridgehead atoms. The summed E-state index contributed by atoms with van der Waals surface area (Å²) in [4.78, 5) is 1.16. The van der Waals surface area contributed by atoms with Crippen LogP contribution < -0.4 is 0 Å². The van der Waals surface area contributed by atoms with E-state index in [9.17, 15) is 0 Å². The molecule has 3 aromatic carbocycles. The second-order valence-corrected chi connectivity index (χ2v) is 6.84. The summed E-state index contributed by atoms with van der Waals surface area (Å²) in [6.45, 7) is 0. The molecule has 23 heavy (non-hydrogen) atoms. The Bertz CT molecular complexity index is 1170. The topological polar surface area (TPSA) is 13.1 Å². The molecule has 110 valence electrons. The van der Waals surface area contributed by atoms with Gasteiger partial charge in [0, 0.05) is 32.0 Å². The van der Waals surface area contributed by atoms with E-state index in [1.165, 1.54) is 0 Å². The summed E-state index contributed by atoms with van der Waals surface area (Å²) in [5.41, 5.74) is 2.88. The van der Waals surface area contributed by atoms with Gasteiger partial charge in [-0.2, -0.15) is 0 Å². The summed E-state index contributed by atoms with van der Waals surface area (Å²) >= 11 is 8.53. The van der Waals surface area contributed by atoms with Crippen molar-refractivity contribution in [3.05, 3.63) is 71.1 Å². The number of thiophene rings is 1. The molecule has 0 radical (unpaired) electrons. The van der Waals surface area contributed by atoms with Gasteiger partial charge in [0.2, 0.25) is 0 Å². The zero-order valence-electron chi connectivity index (χ0n) is 12.0. The monoisotopic (exact) mass is 334 g/mol. The SMILES string of the molecule is Clc1c(-c2cccs2)c2c3ccccc3oc2c2ccccc12. The highest BCUT2D eigenvalue weighted by molar-refractivity contribution is 7.13. The van der Waals surface area contributed by atoms with Crippen molar-refractivity contribution in [1.82, 2.24) is 0 Å². The van der Waals surface area contributed by atoms with Gasteiger partial charge in [0.15, 0.2) is 0 Å². The van der Waals surface area contributed by atoms with Gasteiger partial charge in [-0.05, 0) is 17.5 Å². The second-order valence-electron chi connectivity index (χ2n) is 5.51. The Balaban J connectivity index is 2.14. The molecule has 0 amide bonds. The maximum Gasteiger partial charge on any atom is 0.144 e. The first-order valence-electron chi connectivity index (χ1n) is 7.40. The molecule has 0 unspecified atom stereocenters. The summed E-state index contributed by atoms with van der Waals surface area (Å²) in [5, 5.41) is 7.18. The van der Waals surface area contributed by atoms with Crippen molar-refractivity contribution in [3.63, 3.8) is 0 Å². The van der Waals surface area contributed by atoms with Crippen LogP contribution in [0.3, 0.4) is 0 Å². The van der Waals surface area contributed by atoms with Crippen LogP contribution in [0.15, 0.2) is 70.5 Å². The van der Waals surface area contributed by atoms with Gasteiger partial charge in [0.05, 0.1) is 5.02 Å². The van der Waals surface area contributed by atoms with Crippen molar-refractivity contribution in [2.45, 2.75) is 0 Å². The van der Waals surface area contributed by atoms with E-state index < -0.39 is 0 Å². The van der Waals surface area contributed by atoms with E-state index in [4.69, 9.17) is 16.0 Å². The van der Waals surface area contributed by atoms with Gasteiger partial charge in [-0.15, -0.1) is 11.3 Å². The van der Waals surface area contributed by atoms with E-state index in [2.05, 4.69) is 35.7 Å². The summed E-state index contributed by atoms with van der Waals surface area (Å²) < 4.78 is 6.21. The Hall–Kier alpha value is -2.29. The van der Waals surface area contributed by atoms with Crippen LogP contribution in [-0.2, 0) is 0 Å². The molecule has 0 saturated heterocycles. The van der Waals surface area contributed by atoms with Crippen molar-refractivity contribution in [3.8, 4) is 10.4 Å². The van der Waals surface area contributed by atoms with Gasteiger partial charge < -0.3 is 4.42 Å². The van der Waals surface area contributed by atoms with Gasteiger partial charge in [-0.1, -0.05) is 60.1 Å². The van der Waals surface area contributed by atoms with Crippen molar-refractivity contribution in [1.29, 1.82) is 0 Å². The van der Waals surface area contributed by atoms with Crippen molar-refractivity contribution < 1.29 is 4.42 Å². The van der Waals surface area contributed by atoms with E-state index in [-0.39, 0.29) is 0 Å². The second kappa shape index (κ2) is 4.85. The molecule has 0 atom stereocenters. The molecule has 5 aromatic rings. The van der Waals surface area contributed by atoms with E-state index >= 15 is 0 Å². The van der Waals surface area contributed by atoms with Crippen molar-refractivity contribution >= 4 is 55.6 Å². The molecule has 5 rings (SSSR count). The highest BCUT2D eigenvalue weighted by Gasteiger charge is 2.20. The molecule has 3 heteroatoms. The van der Waals surface area contributed by atoms with Crippen LogP contribution in [0.5, 0.6) is 0 Å². The number of benzene rings is 3. The number of halogens is 1. The maximum absolute atomic E-state index is 6.83. The Morgan fingerprint density at radius 1 is 0.783 bits per heavy atom. The quantitative estimate of drug-likeness (QED) is 0.318. The van der Waals surface area contributed by atoms with Crippen LogP contribution in [0.25, 0.3) is 43.2 Å². The minimum absolute atomic E-state index is 0.794. The van der Waals surface area contributed by atoms with Crippen molar-refractivity contribution in [2.75, 3.05) is 0 Å². The molecule has 2 heterocycles.